The van der Waals surface area contributed by atoms with Crippen LogP contribution in [0.2, 0.25) is 5.02 Å². The topological polar surface area (TPSA) is 80.0 Å². The van der Waals surface area contributed by atoms with Crippen molar-refractivity contribution in [2.45, 2.75) is 38.1 Å². The zero-order valence-corrected chi connectivity index (χ0v) is 12.9. The summed E-state index contributed by atoms with van der Waals surface area (Å²) >= 11 is 6.19. The molecule has 1 saturated carbocycles. The first-order valence-electron chi connectivity index (χ1n) is 7.47. The Morgan fingerprint density at radius 2 is 2.24 bits per heavy atom. The first-order valence-corrected chi connectivity index (χ1v) is 7.85. The number of hydrazine groups is 1. The molecule has 4 atom stereocenters. The molecule has 21 heavy (non-hydrogen) atoms. The van der Waals surface area contributed by atoms with E-state index in [2.05, 4.69) is 15.8 Å². The van der Waals surface area contributed by atoms with Crippen molar-refractivity contribution in [3.8, 4) is 0 Å². The average Bonchev–Trinajstić information content (AvgIpc) is 2.50. The number of carbonyl (C=O) groups excluding carboxylic acids is 1. The number of pyridine rings is 1. The monoisotopic (exact) mass is 308 g/mol. The summed E-state index contributed by atoms with van der Waals surface area (Å²) in [6.07, 6.45) is 6.44. The molecule has 2 heterocycles. The maximum atomic E-state index is 12.0. The lowest BCUT2D eigenvalue weighted by Gasteiger charge is -2.43. The van der Waals surface area contributed by atoms with Crippen molar-refractivity contribution in [3.63, 3.8) is 0 Å². The van der Waals surface area contributed by atoms with Gasteiger partial charge in [0.2, 0.25) is 5.91 Å². The molecule has 114 valence electrons. The van der Waals surface area contributed by atoms with Gasteiger partial charge in [-0.3, -0.25) is 15.2 Å². The predicted molar refractivity (Wildman–Crippen MR) is 81.7 cm³/mol. The molecule has 0 radical (unpaired) electrons. The fourth-order valence-corrected chi connectivity index (χ4v) is 3.95. The van der Waals surface area contributed by atoms with Crippen molar-refractivity contribution < 1.29 is 4.79 Å². The number of nitrogens with zero attached hydrogens (tertiary/aromatic N) is 1. The molecule has 1 aromatic rings. The minimum atomic E-state index is 0.0727. The molecule has 0 bridgehead atoms. The van der Waals surface area contributed by atoms with Gasteiger partial charge < -0.3 is 5.73 Å². The van der Waals surface area contributed by atoms with Gasteiger partial charge in [0.1, 0.15) is 0 Å². The summed E-state index contributed by atoms with van der Waals surface area (Å²) in [4.78, 5) is 16.2. The molecule has 1 aromatic heterocycles. The first kappa shape index (κ1) is 14.8. The van der Waals surface area contributed by atoms with Crippen molar-refractivity contribution in [1.82, 2.24) is 15.8 Å². The number of amides is 1. The van der Waals surface area contributed by atoms with Crippen molar-refractivity contribution in [2.75, 3.05) is 6.54 Å². The molecule has 2 fully saturated rings. The van der Waals surface area contributed by atoms with Crippen LogP contribution in [0, 0.1) is 18.8 Å². The molecule has 1 saturated heterocycles. The zero-order chi connectivity index (χ0) is 15.0. The van der Waals surface area contributed by atoms with Gasteiger partial charge in [-0.25, -0.2) is 5.43 Å². The summed E-state index contributed by atoms with van der Waals surface area (Å²) in [5, 5.41) is 0.713. The average molecular weight is 309 g/mol. The standard InChI is InChI=1S/C15H21ClN4O/c1-8-12(6-18-7-13(8)16)9-2-3-10-11(4-9)14(5-17)19-20-15(10)21/h6-7,9-11,14,19H,2-5,17H2,1H3,(H,20,21). The quantitative estimate of drug-likeness (QED) is 0.773. The number of hydrogen-bond acceptors (Lipinski definition) is 4. The highest BCUT2D eigenvalue weighted by Gasteiger charge is 2.42. The summed E-state index contributed by atoms with van der Waals surface area (Å²) in [6, 6.07) is 0.142. The molecule has 5 nitrogen and oxygen atoms in total. The fraction of sp³-hybridized carbons (Fsp3) is 0.600. The molecule has 1 amide bonds. The van der Waals surface area contributed by atoms with Crippen molar-refractivity contribution in [3.05, 3.63) is 28.5 Å². The van der Waals surface area contributed by atoms with Gasteiger partial charge in [0.15, 0.2) is 0 Å². The van der Waals surface area contributed by atoms with Crippen LogP contribution < -0.4 is 16.6 Å². The van der Waals surface area contributed by atoms with E-state index in [-0.39, 0.29) is 23.8 Å². The van der Waals surface area contributed by atoms with Gasteiger partial charge in [-0.05, 0) is 49.1 Å². The smallest absolute Gasteiger partial charge is 0.237 e. The summed E-state index contributed by atoms with van der Waals surface area (Å²) in [5.41, 5.74) is 14.0. The Hall–Kier alpha value is -1.17. The molecular weight excluding hydrogens is 288 g/mol. The van der Waals surface area contributed by atoms with Gasteiger partial charge in [0, 0.05) is 30.9 Å². The van der Waals surface area contributed by atoms with E-state index >= 15 is 0 Å². The third-order valence-corrected chi connectivity index (χ3v) is 5.40. The molecule has 3 rings (SSSR count). The van der Waals surface area contributed by atoms with Crippen LogP contribution in [0.4, 0.5) is 0 Å². The Morgan fingerprint density at radius 1 is 1.43 bits per heavy atom. The van der Waals surface area contributed by atoms with Gasteiger partial charge in [-0.1, -0.05) is 11.6 Å². The first-order chi connectivity index (χ1) is 10.1. The zero-order valence-electron chi connectivity index (χ0n) is 12.1. The second-order valence-corrected chi connectivity index (χ2v) is 6.50. The third kappa shape index (κ3) is 2.65. The van der Waals surface area contributed by atoms with E-state index in [1.165, 1.54) is 5.56 Å². The molecule has 0 spiro atoms. The van der Waals surface area contributed by atoms with Gasteiger partial charge in [0.05, 0.1) is 5.02 Å². The van der Waals surface area contributed by atoms with E-state index in [1.807, 2.05) is 13.1 Å². The minimum Gasteiger partial charge on any atom is -0.329 e. The van der Waals surface area contributed by atoms with E-state index < -0.39 is 0 Å². The number of halogens is 1. The molecule has 1 aliphatic heterocycles. The second-order valence-electron chi connectivity index (χ2n) is 6.09. The lowest BCUT2D eigenvalue weighted by Crippen LogP contribution is -2.62. The number of hydrogen-bond donors (Lipinski definition) is 3. The SMILES string of the molecule is Cc1c(Cl)cncc1C1CCC2C(=O)NNC(CN)C2C1. The number of nitrogens with one attached hydrogen (secondary N) is 2. The molecular formula is C15H21ClN4O. The highest BCUT2D eigenvalue weighted by Crippen LogP contribution is 2.43. The van der Waals surface area contributed by atoms with Crippen LogP contribution in [-0.4, -0.2) is 23.5 Å². The Kier molecular flexibility index (Phi) is 4.15. The Morgan fingerprint density at radius 3 is 3.00 bits per heavy atom. The molecule has 6 heteroatoms. The fourth-order valence-electron chi connectivity index (χ4n) is 3.78. The molecule has 4 N–H and O–H groups in total. The van der Waals surface area contributed by atoms with Gasteiger partial charge in [-0.15, -0.1) is 0 Å². The predicted octanol–water partition coefficient (Wildman–Crippen LogP) is 1.51. The highest BCUT2D eigenvalue weighted by molar-refractivity contribution is 6.31. The molecule has 2 aliphatic rings. The third-order valence-electron chi connectivity index (χ3n) is 5.02. The number of carbonyl (C=O) groups is 1. The van der Waals surface area contributed by atoms with Crippen molar-refractivity contribution in [2.24, 2.45) is 17.6 Å². The summed E-state index contributed by atoms with van der Waals surface area (Å²) < 4.78 is 0. The number of fused-ring (bicyclic) bond motifs is 1. The minimum absolute atomic E-state index is 0.0727. The molecule has 1 aliphatic carbocycles. The van der Waals surface area contributed by atoms with E-state index in [9.17, 15) is 4.79 Å². The van der Waals surface area contributed by atoms with Crippen LogP contribution in [-0.2, 0) is 4.79 Å². The second kappa shape index (κ2) is 5.91. The number of aromatic nitrogens is 1. The number of rotatable bonds is 2. The number of nitrogens with two attached hydrogens (primary N) is 1. The van der Waals surface area contributed by atoms with Crippen molar-refractivity contribution >= 4 is 17.5 Å². The van der Waals surface area contributed by atoms with E-state index in [1.54, 1.807) is 6.20 Å². The molecule has 0 aromatic carbocycles. The summed E-state index contributed by atoms with van der Waals surface area (Å²) in [6.45, 7) is 2.57. The van der Waals surface area contributed by atoms with Gasteiger partial charge in [0.25, 0.3) is 0 Å². The summed E-state index contributed by atoms with van der Waals surface area (Å²) in [5.74, 6) is 0.854. The summed E-state index contributed by atoms with van der Waals surface area (Å²) in [7, 11) is 0. The normalized spacial score (nSPS) is 32.4. The molecule has 4 unspecified atom stereocenters. The van der Waals surface area contributed by atoms with E-state index in [4.69, 9.17) is 17.3 Å². The van der Waals surface area contributed by atoms with Crippen LogP contribution in [0.5, 0.6) is 0 Å². The highest BCUT2D eigenvalue weighted by atomic mass is 35.5. The lowest BCUT2D eigenvalue weighted by atomic mass is 9.68. The van der Waals surface area contributed by atoms with Crippen LogP contribution in [0.25, 0.3) is 0 Å². The van der Waals surface area contributed by atoms with Gasteiger partial charge in [-0.2, -0.15) is 0 Å². The van der Waals surface area contributed by atoms with Crippen LogP contribution in [0.1, 0.15) is 36.3 Å². The lowest BCUT2D eigenvalue weighted by molar-refractivity contribution is -0.133. The van der Waals surface area contributed by atoms with E-state index in [0.29, 0.717) is 17.5 Å². The van der Waals surface area contributed by atoms with Crippen LogP contribution in [0.3, 0.4) is 0 Å². The van der Waals surface area contributed by atoms with Crippen molar-refractivity contribution in [1.29, 1.82) is 0 Å². The maximum absolute atomic E-state index is 12.0. The van der Waals surface area contributed by atoms with E-state index in [0.717, 1.165) is 24.8 Å². The van der Waals surface area contributed by atoms with Gasteiger partial charge >= 0.3 is 0 Å². The van der Waals surface area contributed by atoms with Crippen LogP contribution in [0.15, 0.2) is 12.4 Å². The van der Waals surface area contributed by atoms with Crippen LogP contribution >= 0.6 is 11.6 Å². The Labute approximate surface area is 129 Å². The largest absolute Gasteiger partial charge is 0.329 e. The Balaban J connectivity index is 1.84. The Bertz CT molecular complexity index is 550. The maximum Gasteiger partial charge on any atom is 0.237 e.